The molecule has 0 bridgehead atoms. The number of hydrogen-bond acceptors (Lipinski definition) is 16. The van der Waals surface area contributed by atoms with Gasteiger partial charge in [0.05, 0.1) is 6.10 Å². The van der Waals surface area contributed by atoms with Crippen LogP contribution < -0.4 is 5.32 Å². The van der Waals surface area contributed by atoms with Crippen molar-refractivity contribution >= 4 is 41.7 Å². The molecule has 17 heteroatoms. The van der Waals surface area contributed by atoms with Gasteiger partial charge in [-0.15, -0.1) is 0 Å². The molecule has 6 unspecified atom stereocenters. The zero-order valence-electron chi connectivity index (χ0n) is 25.0. The first-order chi connectivity index (χ1) is 20.0. The Labute approximate surface area is 247 Å². The van der Waals surface area contributed by atoms with Gasteiger partial charge in [-0.25, -0.2) is 0 Å². The normalized spacial score (nSPS) is 31.9. The molecule has 0 radical (unpaired) electrons. The number of nitrogens with one attached hydrogen (secondary N) is 1. The van der Waals surface area contributed by atoms with Gasteiger partial charge in [-0.1, -0.05) is 0 Å². The molecule has 2 saturated heterocycles. The number of rotatable bonds is 10. The van der Waals surface area contributed by atoms with Crippen molar-refractivity contribution in [1.29, 1.82) is 0 Å². The molecule has 0 saturated carbocycles. The molecule has 0 aromatic rings. The number of esters is 6. The van der Waals surface area contributed by atoms with Crippen molar-refractivity contribution in [3.63, 3.8) is 0 Å². The lowest BCUT2D eigenvalue weighted by Gasteiger charge is -2.48. The van der Waals surface area contributed by atoms with E-state index in [2.05, 4.69) is 5.32 Å². The topological polar surface area (TPSA) is 215 Å². The molecule has 2 rings (SSSR count). The van der Waals surface area contributed by atoms with Gasteiger partial charge < -0.3 is 47.9 Å². The fraction of sp³-hybridized carbons (Fsp3) is 0.731. The van der Waals surface area contributed by atoms with Crippen LogP contribution in [0.1, 0.15) is 55.4 Å². The molecule has 0 aromatic heterocycles. The zero-order chi connectivity index (χ0) is 32.6. The van der Waals surface area contributed by atoms with Crippen molar-refractivity contribution in [1.82, 2.24) is 5.32 Å². The highest BCUT2D eigenvalue weighted by Crippen LogP contribution is 2.34. The molecule has 242 valence electrons. The molecule has 0 aromatic carbocycles. The highest BCUT2D eigenvalue weighted by atomic mass is 16.8. The maximum atomic E-state index is 12.2. The van der Waals surface area contributed by atoms with E-state index in [1.807, 2.05) is 0 Å². The van der Waals surface area contributed by atoms with Gasteiger partial charge in [0.2, 0.25) is 12.2 Å². The fourth-order valence-corrected chi connectivity index (χ4v) is 4.62. The van der Waals surface area contributed by atoms with Gasteiger partial charge in [-0.3, -0.25) is 33.6 Å². The lowest BCUT2D eigenvalue weighted by Crippen LogP contribution is -2.69. The molecule has 1 amide bonds. The van der Waals surface area contributed by atoms with Gasteiger partial charge in [0, 0.05) is 48.5 Å². The average molecular weight is 620 g/mol. The third kappa shape index (κ3) is 10.4. The van der Waals surface area contributed by atoms with Crippen LogP contribution in [0.2, 0.25) is 0 Å². The SMILES string of the molecule is CC(=O)NC1C(O[C@@H]2OC(C)[C@@H](OC(C)=O)C(OC(C)=O)C2OC(C)=O)[C@H](OC(C)=O)C(COC(C)=O)O[C@H]1OC(C)=O. The first-order valence-electron chi connectivity index (χ1n) is 13.2. The number of amides is 1. The maximum Gasteiger partial charge on any atom is 0.305 e. The second-order valence-electron chi connectivity index (χ2n) is 9.79. The third-order valence-electron chi connectivity index (χ3n) is 5.98. The van der Waals surface area contributed by atoms with Crippen LogP contribution >= 0.6 is 0 Å². The fourth-order valence-electron chi connectivity index (χ4n) is 4.62. The van der Waals surface area contributed by atoms with Crippen LogP contribution in [0.15, 0.2) is 0 Å². The Hall–Kier alpha value is -3.83. The number of ether oxygens (including phenoxy) is 9. The molecule has 10 atom stereocenters. The standard InChI is InChI=1S/C26H37NO16/c1-10-20(37-13(4)30)23(39-15(6)32)24(40-16(7)33)26(36-10)43-22-19(27-11(2)28)25(41-17(8)34)42-18(9-35-12(3)29)21(22)38-14(5)31/h10,18-26H,9H2,1-8H3,(H,27,28)/t10?,18?,19?,20-,21-,22?,23?,24?,25-,26+/m1/s1. The summed E-state index contributed by atoms with van der Waals surface area (Å²) in [6.45, 7) is 8.64. The van der Waals surface area contributed by atoms with Crippen molar-refractivity contribution in [3.8, 4) is 0 Å². The summed E-state index contributed by atoms with van der Waals surface area (Å²) in [5.41, 5.74) is 0. The van der Waals surface area contributed by atoms with Crippen molar-refractivity contribution in [3.05, 3.63) is 0 Å². The van der Waals surface area contributed by atoms with E-state index in [0.717, 1.165) is 48.5 Å². The van der Waals surface area contributed by atoms with Crippen molar-refractivity contribution in [2.45, 2.75) is 117 Å². The third-order valence-corrected chi connectivity index (χ3v) is 5.98. The molecular formula is C26H37NO16. The first-order valence-corrected chi connectivity index (χ1v) is 13.2. The summed E-state index contributed by atoms with van der Waals surface area (Å²) in [5, 5.41) is 2.53. The van der Waals surface area contributed by atoms with Crippen LogP contribution in [0, 0.1) is 0 Å². The number of carbonyl (C=O) groups is 7. The average Bonchev–Trinajstić information content (AvgIpc) is 2.84. The Morgan fingerprint density at radius 2 is 1.05 bits per heavy atom. The summed E-state index contributed by atoms with van der Waals surface area (Å²) < 4.78 is 49.9. The van der Waals surface area contributed by atoms with E-state index in [1.54, 1.807) is 0 Å². The van der Waals surface area contributed by atoms with Crippen LogP contribution in [0.4, 0.5) is 0 Å². The van der Waals surface area contributed by atoms with Crippen LogP contribution in [0.3, 0.4) is 0 Å². The van der Waals surface area contributed by atoms with Gasteiger partial charge in [-0.2, -0.15) is 0 Å². The van der Waals surface area contributed by atoms with E-state index in [1.165, 1.54) is 6.92 Å². The summed E-state index contributed by atoms with van der Waals surface area (Å²) in [6, 6.07) is -1.38. The molecule has 2 aliphatic heterocycles. The predicted octanol–water partition coefficient (Wildman–Crippen LogP) is -0.801. The predicted molar refractivity (Wildman–Crippen MR) is 136 cm³/mol. The molecule has 17 nitrogen and oxygen atoms in total. The van der Waals surface area contributed by atoms with Crippen LogP contribution in [-0.4, -0.2) is 110 Å². The summed E-state index contributed by atoms with van der Waals surface area (Å²) in [5.74, 6) is -5.43. The summed E-state index contributed by atoms with van der Waals surface area (Å²) in [6.07, 6.45) is -12.7. The van der Waals surface area contributed by atoms with Crippen LogP contribution in [0.25, 0.3) is 0 Å². The minimum atomic E-state index is -1.63. The smallest absolute Gasteiger partial charge is 0.305 e. The molecule has 2 aliphatic rings. The van der Waals surface area contributed by atoms with E-state index in [4.69, 9.17) is 42.6 Å². The van der Waals surface area contributed by atoms with E-state index >= 15 is 0 Å². The van der Waals surface area contributed by atoms with E-state index < -0.39 is 110 Å². The van der Waals surface area contributed by atoms with Crippen molar-refractivity contribution in [2.24, 2.45) is 0 Å². The number of carbonyl (C=O) groups excluding carboxylic acids is 7. The van der Waals surface area contributed by atoms with Crippen LogP contribution in [0.5, 0.6) is 0 Å². The van der Waals surface area contributed by atoms with Gasteiger partial charge in [0.25, 0.3) is 0 Å². The lowest BCUT2D eigenvalue weighted by atomic mass is 9.94. The van der Waals surface area contributed by atoms with Gasteiger partial charge in [0.1, 0.15) is 24.9 Å². The summed E-state index contributed by atoms with van der Waals surface area (Å²) in [7, 11) is 0. The second-order valence-corrected chi connectivity index (χ2v) is 9.79. The maximum absolute atomic E-state index is 12.2. The van der Waals surface area contributed by atoms with Crippen molar-refractivity contribution < 1.29 is 76.2 Å². The highest BCUT2D eigenvalue weighted by molar-refractivity contribution is 5.73. The Bertz CT molecular complexity index is 1060. The van der Waals surface area contributed by atoms with E-state index in [9.17, 15) is 33.6 Å². The Balaban J connectivity index is 2.66. The monoisotopic (exact) mass is 619 g/mol. The minimum Gasteiger partial charge on any atom is -0.463 e. The van der Waals surface area contributed by atoms with E-state index in [0.29, 0.717) is 0 Å². The van der Waals surface area contributed by atoms with Gasteiger partial charge in [0.15, 0.2) is 30.7 Å². The largest absolute Gasteiger partial charge is 0.463 e. The van der Waals surface area contributed by atoms with Gasteiger partial charge >= 0.3 is 35.8 Å². The first kappa shape index (κ1) is 35.4. The molecule has 0 spiro atoms. The molecule has 2 fully saturated rings. The van der Waals surface area contributed by atoms with E-state index in [-0.39, 0.29) is 0 Å². The Kier molecular flexibility index (Phi) is 12.8. The lowest BCUT2D eigenvalue weighted by molar-refractivity contribution is -0.340. The summed E-state index contributed by atoms with van der Waals surface area (Å²) >= 11 is 0. The van der Waals surface area contributed by atoms with Crippen LogP contribution in [-0.2, 0) is 76.2 Å². The Morgan fingerprint density at radius 3 is 1.53 bits per heavy atom. The Morgan fingerprint density at radius 1 is 0.558 bits per heavy atom. The molecular weight excluding hydrogens is 582 g/mol. The number of hydrogen-bond donors (Lipinski definition) is 1. The van der Waals surface area contributed by atoms with Crippen molar-refractivity contribution in [2.75, 3.05) is 6.61 Å². The molecule has 2 heterocycles. The second kappa shape index (κ2) is 15.6. The van der Waals surface area contributed by atoms with Gasteiger partial charge in [-0.05, 0) is 6.92 Å². The molecule has 1 N–H and O–H groups in total. The summed E-state index contributed by atoms with van der Waals surface area (Å²) in [4.78, 5) is 84.0. The molecule has 43 heavy (non-hydrogen) atoms. The molecule has 0 aliphatic carbocycles. The highest BCUT2D eigenvalue weighted by Gasteiger charge is 2.56. The zero-order valence-corrected chi connectivity index (χ0v) is 25.0. The minimum absolute atomic E-state index is 0.502. The quantitative estimate of drug-likeness (QED) is 0.234.